The van der Waals surface area contributed by atoms with Crippen LogP contribution in [0.4, 0.5) is 30.7 Å². The number of carbonyl (C=O) groups is 2. The molecule has 162 valence electrons. The topological polar surface area (TPSA) is 43.4 Å². The van der Waals surface area contributed by atoms with Gasteiger partial charge in [-0.3, -0.25) is 9.59 Å². The number of thioether (sulfide) groups is 1. The van der Waals surface area contributed by atoms with Crippen LogP contribution < -0.4 is 0 Å². The number of carbonyl (C=O) groups excluding carboxylic acids is 2. The molecule has 0 radical (unpaired) electrons. The summed E-state index contributed by atoms with van der Waals surface area (Å²) >= 11 is -0.307. The Balaban J connectivity index is 1.64. The monoisotopic (exact) mass is 454 g/mol. The highest BCUT2D eigenvalue weighted by molar-refractivity contribution is 8.04. The first-order valence-electron chi connectivity index (χ1n) is 8.61. The summed E-state index contributed by atoms with van der Waals surface area (Å²) in [5, 5.41) is -4.42. The average Bonchev–Trinajstić information content (AvgIpc) is 2.65. The predicted octanol–water partition coefficient (Wildman–Crippen LogP) is 6.12. The van der Waals surface area contributed by atoms with Crippen LogP contribution in [0.1, 0.15) is 41.6 Å². The Morgan fingerprint density at radius 3 is 2.17 bits per heavy atom. The second kappa shape index (κ2) is 7.75. The third kappa shape index (κ3) is 4.55. The van der Waals surface area contributed by atoms with Gasteiger partial charge in [0.25, 0.3) is 0 Å². The number of ketones is 2. The summed E-state index contributed by atoms with van der Waals surface area (Å²) in [4.78, 5) is 24.3. The van der Waals surface area contributed by atoms with Gasteiger partial charge in [0, 0.05) is 23.3 Å². The highest BCUT2D eigenvalue weighted by Gasteiger charge is 2.63. The van der Waals surface area contributed by atoms with Gasteiger partial charge in [0.05, 0.1) is 5.56 Å². The molecule has 1 aromatic rings. The number of hydrogen-bond donors (Lipinski definition) is 0. The molecule has 0 saturated carbocycles. The molecular weight excluding hydrogens is 441 g/mol. The molecule has 0 fully saturated rings. The maximum Gasteiger partial charge on any atom is 0.475 e. The van der Waals surface area contributed by atoms with Gasteiger partial charge in [-0.2, -0.15) is 30.7 Å². The molecule has 3 nitrogen and oxygen atoms in total. The molecule has 2 aliphatic rings. The molecule has 11 heteroatoms. The molecule has 0 N–H and O–H groups in total. The number of halogens is 7. The third-order valence-electron chi connectivity index (χ3n) is 4.50. The fourth-order valence-electron chi connectivity index (χ4n) is 2.88. The van der Waals surface area contributed by atoms with E-state index in [1.807, 2.05) is 0 Å². The Hall–Kier alpha value is -2.30. The van der Waals surface area contributed by atoms with Gasteiger partial charge in [-0.05, 0) is 48.4 Å². The predicted molar refractivity (Wildman–Crippen MR) is 92.9 cm³/mol. The summed E-state index contributed by atoms with van der Waals surface area (Å²) in [6, 6.07) is 3.51. The zero-order chi connectivity index (χ0) is 22.3. The van der Waals surface area contributed by atoms with E-state index in [4.69, 9.17) is 0 Å². The van der Waals surface area contributed by atoms with Gasteiger partial charge in [-0.15, -0.1) is 0 Å². The quantitative estimate of drug-likeness (QED) is 0.397. The van der Waals surface area contributed by atoms with E-state index in [1.54, 1.807) is 0 Å². The van der Waals surface area contributed by atoms with Crippen LogP contribution in [0.25, 0.3) is 0 Å². The second-order valence-corrected chi connectivity index (χ2v) is 7.83. The number of benzene rings is 1. The standard InChI is InChI=1S/C19H13F7O3S/c20-17(21,22)12-4-1-10(2-5-12)13(27)6-7-14(28)11-3-8-16-15(9-11)29-18(23,24)19(25,26)30-16/h1-2,4-5,9H,3,6-8H2. The van der Waals surface area contributed by atoms with Crippen LogP contribution in [0.2, 0.25) is 0 Å². The summed E-state index contributed by atoms with van der Waals surface area (Å²) in [7, 11) is 0. The van der Waals surface area contributed by atoms with Crippen molar-refractivity contribution in [1.29, 1.82) is 0 Å². The van der Waals surface area contributed by atoms with Crippen molar-refractivity contribution >= 4 is 23.3 Å². The van der Waals surface area contributed by atoms with E-state index in [1.165, 1.54) is 0 Å². The summed E-state index contributed by atoms with van der Waals surface area (Å²) in [6.45, 7) is 0. The van der Waals surface area contributed by atoms with Crippen LogP contribution in [-0.2, 0) is 15.7 Å². The summed E-state index contributed by atoms with van der Waals surface area (Å²) in [6.07, 6.45) is -8.98. The fourth-order valence-corrected chi connectivity index (χ4v) is 3.75. The van der Waals surface area contributed by atoms with Crippen LogP contribution >= 0.6 is 11.8 Å². The van der Waals surface area contributed by atoms with Crippen LogP contribution in [0.5, 0.6) is 0 Å². The minimum absolute atomic E-state index is 0.00712. The summed E-state index contributed by atoms with van der Waals surface area (Å²) in [5.74, 6) is -1.63. The van der Waals surface area contributed by atoms with E-state index in [-0.39, 0.29) is 53.5 Å². The normalized spacial score (nSPS) is 20.2. The third-order valence-corrected chi connectivity index (χ3v) is 5.65. The van der Waals surface area contributed by atoms with E-state index in [0.717, 1.165) is 30.3 Å². The largest absolute Gasteiger partial charge is 0.475 e. The van der Waals surface area contributed by atoms with Gasteiger partial charge in [-0.25, -0.2) is 0 Å². The number of alkyl halides is 7. The first-order valence-corrected chi connectivity index (χ1v) is 9.43. The smallest absolute Gasteiger partial charge is 0.426 e. The van der Waals surface area contributed by atoms with Gasteiger partial charge in [0.2, 0.25) is 0 Å². The maximum absolute atomic E-state index is 13.4. The van der Waals surface area contributed by atoms with Crippen LogP contribution in [0.15, 0.2) is 46.6 Å². The molecule has 0 aromatic heterocycles. The molecule has 0 bridgehead atoms. The second-order valence-electron chi connectivity index (χ2n) is 6.62. The van der Waals surface area contributed by atoms with Gasteiger partial charge in [0.1, 0.15) is 5.76 Å². The lowest BCUT2D eigenvalue weighted by Gasteiger charge is -2.34. The molecule has 3 rings (SSSR count). The van der Waals surface area contributed by atoms with Gasteiger partial charge in [0.15, 0.2) is 11.6 Å². The molecule has 1 aromatic carbocycles. The summed E-state index contributed by atoms with van der Waals surface area (Å²) < 4.78 is 95.2. The molecule has 1 heterocycles. The Labute approximate surface area is 170 Å². The summed E-state index contributed by atoms with van der Waals surface area (Å²) in [5.41, 5.74) is -0.873. The Kier molecular flexibility index (Phi) is 5.78. The molecule has 1 aliphatic heterocycles. The molecule has 0 amide bonds. The fraction of sp³-hybridized carbons (Fsp3) is 0.368. The van der Waals surface area contributed by atoms with Crippen molar-refractivity contribution in [2.24, 2.45) is 0 Å². The van der Waals surface area contributed by atoms with Crippen LogP contribution in [0.3, 0.4) is 0 Å². The number of ether oxygens (including phenoxy) is 1. The molecule has 0 saturated heterocycles. The number of Topliss-reactive ketones (excluding diaryl/α,β-unsaturated/α-hetero) is 2. The number of rotatable bonds is 5. The van der Waals surface area contributed by atoms with Crippen molar-refractivity contribution in [1.82, 2.24) is 0 Å². The molecule has 1 aliphatic carbocycles. The Bertz CT molecular complexity index is 930. The lowest BCUT2D eigenvalue weighted by Crippen LogP contribution is -2.43. The highest BCUT2D eigenvalue weighted by Crippen LogP contribution is 2.55. The average molecular weight is 454 g/mol. The zero-order valence-electron chi connectivity index (χ0n) is 15.0. The SMILES string of the molecule is O=C(CCC(=O)c1ccc(C(F)(F)F)cc1)C1=CC2=C(CC1)SC(F)(F)C(F)(F)O2. The van der Waals surface area contributed by atoms with Crippen molar-refractivity contribution < 1.29 is 45.1 Å². The van der Waals surface area contributed by atoms with E-state index >= 15 is 0 Å². The van der Waals surface area contributed by atoms with Crippen molar-refractivity contribution in [3.8, 4) is 0 Å². The number of allylic oxidation sites excluding steroid dienone is 3. The molecule has 0 spiro atoms. The van der Waals surface area contributed by atoms with E-state index < -0.39 is 40.4 Å². The minimum Gasteiger partial charge on any atom is -0.426 e. The van der Waals surface area contributed by atoms with Crippen molar-refractivity contribution in [2.45, 2.75) is 43.2 Å². The van der Waals surface area contributed by atoms with Crippen molar-refractivity contribution in [3.05, 3.63) is 57.7 Å². The van der Waals surface area contributed by atoms with E-state index in [9.17, 15) is 40.3 Å². The van der Waals surface area contributed by atoms with Gasteiger partial charge < -0.3 is 4.74 Å². The Morgan fingerprint density at radius 1 is 0.967 bits per heavy atom. The highest BCUT2D eigenvalue weighted by atomic mass is 32.2. The molecular formula is C19H13F7O3S. The van der Waals surface area contributed by atoms with Crippen molar-refractivity contribution in [3.63, 3.8) is 0 Å². The Morgan fingerprint density at radius 2 is 1.57 bits per heavy atom. The van der Waals surface area contributed by atoms with Crippen LogP contribution in [-0.4, -0.2) is 22.9 Å². The van der Waals surface area contributed by atoms with Crippen molar-refractivity contribution in [2.75, 3.05) is 0 Å². The molecule has 30 heavy (non-hydrogen) atoms. The number of hydrogen-bond acceptors (Lipinski definition) is 4. The van der Waals surface area contributed by atoms with Crippen LogP contribution in [0, 0.1) is 0 Å². The molecule has 0 atom stereocenters. The first kappa shape index (κ1) is 22.4. The van der Waals surface area contributed by atoms with E-state index in [2.05, 4.69) is 4.74 Å². The van der Waals surface area contributed by atoms with E-state index in [0.29, 0.717) is 0 Å². The molecule has 0 unspecified atom stereocenters. The minimum atomic E-state index is -4.73. The van der Waals surface area contributed by atoms with Gasteiger partial charge >= 0.3 is 17.5 Å². The maximum atomic E-state index is 13.4. The van der Waals surface area contributed by atoms with Gasteiger partial charge in [-0.1, -0.05) is 12.1 Å². The lowest BCUT2D eigenvalue weighted by molar-refractivity contribution is -0.297. The zero-order valence-corrected chi connectivity index (χ0v) is 15.8. The first-order chi connectivity index (χ1) is 13.8. The lowest BCUT2D eigenvalue weighted by atomic mass is 9.95.